The van der Waals surface area contributed by atoms with Crippen molar-refractivity contribution in [3.05, 3.63) is 40.2 Å². The number of hydrogen-bond acceptors (Lipinski definition) is 8. The minimum Gasteiger partial charge on any atom is -0.468 e. The second-order valence-electron chi connectivity index (χ2n) is 5.04. The Morgan fingerprint density at radius 2 is 1.88 bits per heavy atom. The predicted octanol–water partition coefficient (Wildman–Crippen LogP) is 2.04. The maximum absolute atomic E-state index is 12.9. The fourth-order valence-corrected chi connectivity index (χ4v) is 5.22. The van der Waals surface area contributed by atoms with E-state index in [2.05, 4.69) is 9.47 Å². The lowest BCUT2D eigenvalue weighted by Gasteiger charge is -2.15. The van der Waals surface area contributed by atoms with Crippen LogP contribution in [0, 0.1) is 6.92 Å². The SMILES string of the molecule is COC(=O)c1sc(S(=O)(=O)N(C)Cc2ccco2)c(C(=O)OC)c1C. The van der Waals surface area contributed by atoms with Gasteiger partial charge in [-0.15, -0.1) is 11.3 Å². The van der Waals surface area contributed by atoms with Crippen LogP contribution in [0.5, 0.6) is 0 Å². The van der Waals surface area contributed by atoms with Gasteiger partial charge in [0.25, 0.3) is 10.0 Å². The van der Waals surface area contributed by atoms with Crippen LogP contribution in [0.15, 0.2) is 27.0 Å². The van der Waals surface area contributed by atoms with Gasteiger partial charge < -0.3 is 13.9 Å². The van der Waals surface area contributed by atoms with E-state index in [1.165, 1.54) is 27.3 Å². The van der Waals surface area contributed by atoms with E-state index in [-0.39, 0.29) is 26.8 Å². The van der Waals surface area contributed by atoms with Crippen LogP contribution in [0.2, 0.25) is 0 Å². The van der Waals surface area contributed by atoms with Crippen molar-refractivity contribution in [3.63, 3.8) is 0 Å². The van der Waals surface area contributed by atoms with Gasteiger partial charge in [-0.3, -0.25) is 0 Å². The molecular formula is C15H17NO7S2. The lowest BCUT2D eigenvalue weighted by Crippen LogP contribution is -2.27. The smallest absolute Gasteiger partial charge is 0.348 e. The first-order chi connectivity index (χ1) is 11.7. The number of nitrogens with zero attached hydrogens (tertiary/aromatic N) is 1. The van der Waals surface area contributed by atoms with E-state index in [1.54, 1.807) is 12.1 Å². The van der Waals surface area contributed by atoms with E-state index in [1.807, 2.05) is 0 Å². The van der Waals surface area contributed by atoms with Crippen molar-refractivity contribution in [1.82, 2.24) is 4.31 Å². The summed E-state index contributed by atoms with van der Waals surface area (Å²) in [6, 6.07) is 3.27. The maximum atomic E-state index is 12.9. The van der Waals surface area contributed by atoms with Crippen LogP contribution in [-0.2, 0) is 26.0 Å². The summed E-state index contributed by atoms with van der Waals surface area (Å²) in [7, 11) is -0.392. The Morgan fingerprint density at radius 3 is 2.40 bits per heavy atom. The van der Waals surface area contributed by atoms with E-state index in [0.717, 1.165) is 11.4 Å². The fourth-order valence-electron chi connectivity index (χ4n) is 2.14. The van der Waals surface area contributed by atoms with Crippen LogP contribution in [-0.4, -0.2) is 45.9 Å². The molecule has 136 valence electrons. The third-order valence-corrected chi connectivity index (χ3v) is 7.05. The van der Waals surface area contributed by atoms with Gasteiger partial charge in [0.2, 0.25) is 0 Å². The van der Waals surface area contributed by atoms with Crippen LogP contribution in [0.4, 0.5) is 0 Å². The number of carbonyl (C=O) groups excluding carboxylic acids is 2. The molecule has 0 fully saturated rings. The van der Waals surface area contributed by atoms with Gasteiger partial charge in [-0.1, -0.05) is 0 Å². The number of hydrogen-bond donors (Lipinski definition) is 0. The van der Waals surface area contributed by atoms with E-state index in [0.29, 0.717) is 17.1 Å². The van der Waals surface area contributed by atoms with E-state index >= 15 is 0 Å². The van der Waals surface area contributed by atoms with Crippen molar-refractivity contribution in [2.24, 2.45) is 0 Å². The number of ether oxygens (including phenoxy) is 2. The summed E-state index contributed by atoms with van der Waals surface area (Å²) in [6.45, 7) is 1.45. The number of sulfonamides is 1. The van der Waals surface area contributed by atoms with Gasteiger partial charge in [-0.2, -0.15) is 4.31 Å². The standard InChI is InChI=1S/C15H17NO7S2/c1-9-11(13(17)21-3)15(24-12(9)14(18)22-4)25(19,20)16(2)8-10-6-5-7-23-10/h5-7H,8H2,1-4H3. The second kappa shape index (κ2) is 7.38. The van der Waals surface area contributed by atoms with Crippen molar-refractivity contribution in [2.75, 3.05) is 21.3 Å². The van der Waals surface area contributed by atoms with Gasteiger partial charge in [0, 0.05) is 7.05 Å². The normalized spacial score (nSPS) is 11.6. The molecule has 0 saturated heterocycles. The number of esters is 2. The average Bonchev–Trinajstić information content (AvgIpc) is 3.21. The quantitative estimate of drug-likeness (QED) is 0.699. The topological polar surface area (TPSA) is 103 Å². The molecule has 25 heavy (non-hydrogen) atoms. The lowest BCUT2D eigenvalue weighted by molar-refractivity contribution is 0.0596. The molecule has 2 heterocycles. The highest BCUT2D eigenvalue weighted by Crippen LogP contribution is 2.35. The van der Waals surface area contributed by atoms with E-state index in [4.69, 9.17) is 4.42 Å². The molecule has 2 aromatic rings. The number of rotatable bonds is 6. The van der Waals surface area contributed by atoms with Crippen LogP contribution < -0.4 is 0 Å². The maximum Gasteiger partial charge on any atom is 0.348 e. The van der Waals surface area contributed by atoms with E-state index < -0.39 is 22.0 Å². The summed E-state index contributed by atoms with van der Waals surface area (Å²) in [5.41, 5.74) is 0.0351. The largest absolute Gasteiger partial charge is 0.468 e. The minimum atomic E-state index is -4.06. The van der Waals surface area contributed by atoms with Gasteiger partial charge >= 0.3 is 11.9 Å². The first-order valence-electron chi connectivity index (χ1n) is 7.02. The first-order valence-corrected chi connectivity index (χ1v) is 9.28. The van der Waals surface area contributed by atoms with E-state index in [9.17, 15) is 18.0 Å². The van der Waals surface area contributed by atoms with Crippen LogP contribution >= 0.6 is 11.3 Å². The summed E-state index contributed by atoms with van der Waals surface area (Å²) >= 11 is 0.675. The molecule has 0 saturated carbocycles. The van der Waals surface area contributed by atoms with Crippen molar-refractivity contribution in [1.29, 1.82) is 0 Å². The molecule has 0 radical (unpaired) electrons. The summed E-state index contributed by atoms with van der Waals surface area (Å²) < 4.78 is 41.1. The Balaban J connectivity index is 2.55. The fraction of sp³-hybridized carbons (Fsp3) is 0.333. The number of carbonyl (C=O) groups is 2. The monoisotopic (exact) mass is 387 g/mol. The first kappa shape index (κ1) is 19.2. The highest BCUT2D eigenvalue weighted by Gasteiger charge is 2.35. The van der Waals surface area contributed by atoms with Gasteiger partial charge in [0.15, 0.2) is 4.21 Å². The molecule has 8 nitrogen and oxygen atoms in total. The van der Waals surface area contributed by atoms with Crippen LogP contribution in [0.3, 0.4) is 0 Å². The van der Waals surface area contributed by atoms with Gasteiger partial charge in [-0.25, -0.2) is 18.0 Å². The average molecular weight is 387 g/mol. The Bertz CT molecular complexity index is 881. The van der Waals surface area contributed by atoms with Crippen molar-refractivity contribution in [2.45, 2.75) is 17.7 Å². The molecule has 0 unspecified atom stereocenters. The van der Waals surface area contributed by atoms with Crippen LogP contribution in [0.1, 0.15) is 31.4 Å². The molecular weight excluding hydrogens is 370 g/mol. The zero-order chi connectivity index (χ0) is 18.8. The third kappa shape index (κ3) is 3.60. The molecule has 0 spiro atoms. The number of thiophene rings is 1. The van der Waals surface area contributed by atoms with Crippen molar-refractivity contribution >= 4 is 33.3 Å². The molecule has 0 aliphatic heterocycles. The summed E-state index contributed by atoms with van der Waals surface area (Å²) in [5.74, 6) is -1.12. The van der Waals surface area contributed by atoms with Gasteiger partial charge in [-0.05, 0) is 24.6 Å². The molecule has 0 aliphatic rings. The summed E-state index contributed by atoms with van der Waals surface area (Å²) in [4.78, 5) is 24.0. The molecule has 2 rings (SSSR count). The number of methoxy groups -OCH3 is 2. The molecule has 0 aliphatic carbocycles. The Kier molecular flexibility index (Phi) is 5.65. The van der Waals surface area contributed by atoms with Crippen molar-refractivity contribution in [3.8, 4) is 0 Å². The molecule has 0 bridgehead atoms. The lowest BCUT2D eigenvalue weighted by atomic mass is 10.2. The number of furan rings is 1. The Hall–Kier alpha value is -2.17. The molecule has 2 aromatic heterocycles. The van der Waals surface area contributed by atoms with Crippen LogP contribution in [0.25, 0.3) is 0 Å². The molecule has 0 atom stereocenters. The van der Waals surface area contributed by atoms with Gasteiger partial charge in [0.1, 0.15) is 10.6 Å². The summed E-state index contributed by atoms with van der Waals surface area (Å²) in [6.07, 6.45) is 1.43. The highest BCUT2D eigenvalue weighted by molar-refractivity contribution is 7.91. The molecule has 0 amide bonds. The Morgan fingerprint density at radius 1 is 1.24 bits per heavy atom. The van der Waals surface area contributed by atoms with Crippen molar-refractivity contribution < 1.29 is 31.9 Å². The zero-order valence-electron chi connectivity index (χ0n) is 14.1. The highest BCUT2D eigenvalue weighted by atomic mass is 32.2. The zero-order valence-corrected chi connectivity index (χ0v) is 15.7. The van der Waals surface area contributed by atoms with Gasteiger partial charge in [0.05, 0.1) is 32.6 Å². The predicted molar refractivity (Wildman–Crippen MR) is 89.1 cm³/mol. The second-order valence-corrected chi connectivity index (χ2v) is 8.30. The minimum absolute atomic E-state index is 0.0273. The third-order valence-electron chi connectivity index (χ3n) is 3.48. The summed E-state index contributed by atoms with van der Waals surface area (Å²) in [5, 5.41) is 0. The Labute approximate surface area is 149 Å². The molecule has 0 aromatic carbocycles. The molecule has 10 heteroatoms. The molecule has 0 N–H and O–H groups in total.